The van der Waals surface area contributed by atoms with E-state index in [2.05, 4.69) is 4.98 Å². The van der Waals surface area contributed by atoms with Crippen LogP contribution in [0.4, 0.5) is 8.78 Å². The maximum atomic E-state index is 13.6. The minimum absolute atomic E-state index is 0.128. The molecule has 0 aliphatic carbocycles. The first-order valence-electron chi connectivity index (χ1n) is 6.32. The average molecular weight is 293 g/mol. The predicted octanol–water partition coefficient (Wildman–Crippen LogP) is 3.07. The minimum atomic E-state index is -1.39. The molecule has 0 spiro atoms. The van der Waals surface area contributed by atoms with E-state index in [0.29, 0.717) is 12.8 Å². The number of ether oxygens (including phenoxy) is 1. The summed E-state index contributed by atoms with van der Waals surface area (Å²) < 4.78 is 32.2. The zero-order valence-corrected chi connectivity index (χ0v) is 11.1. The molecule has 0 unspecified atom stereocenters. The summed E-state index contributed by atoms with van der Waals surface area (Å²) in [5, 5.41) is 8.69. The fourth-order valence-corrected chi connectivity index (χ4v) is 1.82. The van der Waals surface area contributed by atoms with Crippen LogP contribution >= 0.6 is 0 Å². The highest BCUT2D eigenvalue weighted by Crippen LogP contribution is 2.23. The molecule has 1 aromatic carbocycles. The molecule has 0 radical (unpaired) electrons. The van der Waals surface area contributed by atoms with Crippen molar-refractivity contribution in [3.05, 3.63) is 59.4 Å². The van der Waals surface area contributed by atoms with Gasteiger partial charge in [-0.1, -0.05) is 0 Å². The molecule has 110 valence electrons. The summed E-state index contributed by atoms with van der Waals surface area (Å²) >= 11 is 0. The summed E-state index contributed by atoms with van der Waals surface area (Å²) in [4.78, 5) is 14.5. The predicted molar refractivity (Wildman–Crippen MR) is 71.4 cm³/mol. The molecule has 0 fully saturated rings. The third-order valence-corrected chi connectivity index (χ3v) is 2.85. The molecule has 6 heteroatoms. The first-order valence-corrected chi connectivity index (χ1v) is 6.32. The van der Waals surface area contributed by atoms with Crippen LogP contribution in [0, 0.1) is 11.6 Å². The number of pyridine rings is 1. The van der Waals surface area contributed by atoms with E-state index in [1.807, 2.05) is 12.1 Å². The standard InChI is InChI=1S/C15H13F2NO3/c16-12-8-11(15(19)20)9-13(17)14(12)21-7-1-2-10-3-5-18-6-4-10/h3-6,8-9H,1-2,7H2,(H,19,20). The molecule has 1 heterocycles. The minimum Gasteiger partial charge on any atom is -0.488 e. The highest BCUT2D eigenvalue weighted by Gasteiger charge is 2.15. The quantitative estimate of drug-likeness (QED) is 0.832. The Hall–Kier alpha value is -2.50. The maximum absolute atomic E-state index is 13.6. The van der Waals surface area contributed by atoms with Gasteiger partial charge in [0, 0.05) is 12.4 Å². The number of aromatic nitrogens is 1. The van der Waals surface area contributed by atoms with Crippen LogP contribution in [0.3, 0.4) is 0 Å². The second-order valence-electron chi connectivity index (χ2n) is 4.38. The van der Waals surface area contributed by atoms with E-state index in [9.17, 15) is 13.6 Å². The smallest absolute Gasteiger partial charge is 0.335 e. The Labute approximate surface area is 120 Å². The summed E-state index contributed by atoms with van der Waals surface area (Å²) in [6.07, 6.45) is 4.60. The van der Waals surface area contributed by atoms with Gasteiger partial charge in [0.25, 0.3) is 0 Å². The van der Waals surface area contributed by atoms with E-state index >= 15 is 0 Å². The van der Waals surface area contributed by atoms with Crippen molar-refractivity contribution in [1.82, 2.24) is 4.98 Å². The molecule has 2 aromatic rings. The fourth-order valence-electron chi connectivity index (χ4n) is 1.82. The lowest BCUT2D eigenvalue weighted by Crippen LogP contribution is -2.05. The van der Waals surface area contributed by atoms with Crippen LogP contribution in [0.1, 0.15) is 22.3 Å². The van der Waals surface area contributed by atoms with Crippen molar-refractivity contribution in [2.24, 2.45) is 0 Å². The van der Waals surface area contributed by atoms with Gasteiger partial charge in [-0.2, -0.15) is 0 Å². The number of halogens is 2. The highest BCUT2D eigenvalue weighted by molar-refractivity contribution is 5.87. The molecular weight excluding hydrogens is 280 g/mol. The maximum Gasteiger partial charge on any atom is 0.335 e. The second-order valence-corrected chi connectivity index (χ2v) is 4.38. The Morgan fingerprint density at radius 2 is 1.81 bits per heavy atom. The third-order valence-electron chi connectivity index (χ3n) is 2.85. The lowest BCUT2D eigenvalue weighted by Gasteiger charge is -2.09. The number of carboxylic acid groups (broad SMARTS) is 1. The van der Waals surface area contributed by atoms with Crippen LogP contribution in [-0.4, -0.2) is 22.7 Å². The second kappa shape index (κ2) is 6.78. The average Bonchev–Trinajstić information content (AvgIpc) is 2.46. The van der Waals surface area contributed by atoms with E-state index in [4.69, 9.17) is 9.84 Å². The molecule has 0 saturated carbocycles. The number of carboxylic acids is 1. The molecule has 4 nitrogen and oxygen atoms in total. The topological polar surface area (TPSA) is 59.4 Å². The molecule has 0 atom stereocenters. The van der Waals surface area contributed by atoms with Crippen molar-refractivity contribution in [1.29, 1.82) is 0 Å². The normalized spacial score (nSPS) is 10.4. The zero-order valence-electron chi connectivity index (χ0n) is 11.1. The van der Waals surface area contributed by atoms with E-state index in [1.54, 1.807) is 12.4 Å². The summed E-state index contributed by atoms with van der Waals surface area (Å²) in [5.74, 6) is -3.97. The van der Waals surface area contributed by atoms with Crippen molar-refractivity contribution < 1.29 is 23.4 Å². The largest absolute Gasteiger partial charge is 0.488 e. The molecule has 2 rings (SSSR count). The summed E-state index contributed by atoms with van der Waals surface area (Å²) in [5.41, 5.74) is 0.602. The van der Waals surface area contributed by atoms with Crippen LogP contribution in [0.5, 0.6) is 5.75 Å². The molecule has 1 aromatic heterocycles. The third kappa shape index (κ3) is 3.98. The Morgan fingerprint density at radius 1 is 1.19 bits per heavy atom. The number of hydrogen-bond donors (Lipinski definition) is 1. The zero-order chi connectivity index (χ0) is 15.2. The number of rotatable bonds is 6. The van der Waals surface area contributed by atoms with Crippen molar-refractivity contribution in [3.8, 4) is 5.75 Å². The lowest BCUT2D eigenvalue weighted by atomic mass is 10.1. The Balaban J connectivity index is 1.93. The first-order chi connectivity index (χ1) is 10.1. The molecule has 0 aliphatic heterocycles. The molecule has 0 amide bonds. The van der Waals surface area contributed by atoms with Crippen LogP contribution in [-0.2, 0) is 6.42 Å². The Bertz CT molecular complexity index is 609. The van der Waals surface area contributed by atoms with E-state index in [0.717, 1.165) is 17.7 Å². The number of aromatic carboxylic acids is 1. The SMILES string of the molecule is O=C(O)c1cc(F)c(OCCCc2ccncc2)c(F)c1. The van der Waals surface area contributed by atoms with Crippen molar-refractivity contribution in [3.63, 3.8) is 0 Å². The molecule has 0 bridgehead atoms. The van der Waals surface area contributed by atoms with Crippen LogP contribution in [0.15, 0.2) is 36.7 Å². The van der Waals surface area contributed by atoms with Gasteiger partial charge < -0.3 is 9.84 Å². The monoisotopic (exact) mass is 293 g/mol. The number of carbonyl (C=O) groups is 1. The van der Waals surface area contributed by atoms with Gasteiger partial charge in [0.2, 0.25) is 0 Å². The van der Waals surface area contributed by atoms with Gasteiger partial charge in [-0.05, 0) is 42.7 Å². The van der Waals surface area contributed by atoms with E-state index in [-0.39, 0.29) is 6.61 Å². The number of hydrogen-bond acceptors (Lipinski definition) is 3. The van der Waals surface area contributed by atoms with Gasteiger partial charge in [0.1, 0.15) is 0 Å². The number of benzene rings is 1. The van der Waals surface area contributed by atoms with Gasteiger partial charge in [-0.25, -0.2) is 13.6 Å². The van der Waals surface area contributed by atoms with Gasteiger partial charge in [-0.3, -0.25) is 4.98 Å². The van der Waals surface area contributed by atoms with Crippen molar-refractivity contribution >= 4 is 5.97 Å². The first kappa shape index (κ1) is 14.9. The molecule has 0 saturated heterocycles. The van der Waals surface area contributed by atoms with Crippen molar-refractivity contribution in [2.75, 3.05) is 6.61 Å². The van der Waals surface area contributed by atoms with E-state index in [1.165, 1.54) is 0 Å². The van der Waals surface area contributed by atoms with Gasteiger partial charge in [-0.15, -0.1) is 0 Å². The molecule has 0 aliphatic rings. The molecular formula is C15H13F2NO3. The summed E-state index contributed by atoms with van der Waals surface area (Å²) in [6.45, 7) is 0.128. The van der Waals surface area contributed by atoms with Gasteiger partial charge in [0.05, 0.1) is 12.2 Å². The number of nitrogens with zero attached hydrogens (tertiary/aromatic N) is 1. The highest BCUT2D eigenvalue weighted by atomic mass is 19.1. The summed E-state index contributed by atoms with van der Waals surface area (Å²) in [6, 6.07) is 5.18. The Morgan fingerprint density at radius 3 is 2.38 bits per heavy atom. The van der Waals surface area contributed by atoms with E-state index < -0.39 is 28.9 Å². The molecule has 1 N–H and O–H groups in total. The lowest BCUT2D eigenvalue weighted by molar-refractivity contribution is 0.0695. The van der Waals surface area contributed by atoms with Crippen molar-refractivity contribution in [2.45, 2.75) is 12.8 Å². The van der Waals surface area contributed by atoms with Crippen LogP contribution < -0.4 is 4.74 Å². The van der Waals surface area contributed by atoms with Crippen LogP contribution in [0.25, 0.3) is 0 Å². The Kier molecular flexibility index (Phi) is 4.81. The molecule has 21 heavy (non-hydrogen) atoms. The fraction of sp³-hybridized carbons (Fsp3) is 0.200. The van der Waals surface area contributed by atoms with Gasteiger partial charge in [0.15, 0.2) is 17.4 Å². The van der Waals surface area contributed by atoms with Gasteiger partial charge >= 0.3 is 5.97 Å². The van der Waals surface area contributed by atoms with Crippen LogP contribution in [0.2, 0.25) is 0 Å². The number of aryl methyl sites for hydroxylation is 1. The summed E-state index contributed by atoms with van der Waals surface area (Å²) in [7, 11) is 0.